The lowest BCUT2D eigenvalue weighted by atomic mass is 9.83. The van der Waals surface area contributed by atoms with E-state index in [4.69, 9.17) is 4.74 Å². The number of esters is 1. The van der Waals surface area contributed by atoms with Gasteiger partial charge < -0.3 is 15.0 Å². The van der Waals surface area contributed by atoms with Crippen molar-refractivity contribution >= 4 is 23.5 Å². The molecule has 1 unspecified atom stereocenters. The van der Waals surface area contributed by atoms with Crippen molar-refractivity contribution in [2.75, 3.05) is 11.9 Å². The van der Waals surface area contributed by atoms with E-state index in [1.807, 2.05) is 31.2 Å². The number of rotatable bonds is 7. The molecule has 1 N–H and O–H groups in total. The minimum absolute atomic E-state index is 0.103. The first-order chi connectivity index (χ1) is 19.0. The van der Waals surface area contributed by atoms with Crippen molar-refractivity contribution in [3.8, 4) is 0 Å². The zero-order valence-corrected chi connectivity index (χ0v) is 22.3. The largest absolute Gasteiger partial charge is 0.463 e. The summed E-state index contributed by atoms with van der Waals surface area (Å²) in [5, 5.41) is 2.84. The molecule has 1 atom stereocenters. The summed E-state index contributed by atoms with van der Waals surface area (Å²) in [7, 11) is 0. The number of halogens is 3. The Balaban J connectivity index is 1.56. The second-order valence-electron chi connectivity index (χ2n) is 9.59. The number of carbonyl (C=O) groups excluding carboxylic acids is 3. The number of nitrogens with zero attached hydrogens (tertiary/aromatic N) is 1. The Bertz CT molecular complexity index is 1430. The molecule has 40 heavy (non-hydrogen) atoms. The van der Waals surface area contributed by atoms with E-state index in [2.05, 4.69) is 5.32 Å². The maximum absolute atomic E-state index is 13.2. The highest BCUT2D eigenvalue weighted by Crippen LogP contribution is 2.39. The predicted molar refractivity (Wildman–Crippen MR) is 144 cm³/mol. The van der Waals surface area contributed by atoms with Crippen LogP contribution in [0.15, 0.2) is 84.1 Å². The number of hydrogen-bond acceptors (Lipinski definition) is 4. The number of aryl methyl sites for hydroxylation is 1. The Kier molecular flexibility index (Phi) is 8.42. The highest BCUT2D eigenvalue weighted by atomic mass is 19.4. The summed E-state index contributed by atoms with van der Waals surface area (Å²) in [6, 6.07) is 18.7. The Labute approximate surface area is 230 Å². The average molecular weight is 551 g/mol. The summed E-state index contributed by atoms with van der Waals surface area (Å²) in [6.45, 7) is 5.49. The van der Waals surface area contributed by atoms with E-state index >= 15 is 0 Å². The summed E-state index contributed by atoms with van der Waals surface area (Å²) in [4.78, 5) is 40.3. The number of alkyl halides is 3. The van der Waals surface area contributed by atoms with E-state index in [0.717, 1.165) is 23.3 Å². The third-order valence-corrected chi connectivity index (χ3v) is 6.82. The topological polar surface area (TPSA) is 75.7 Å². The smallest absolute Gasteiger partial charge is 0.416 e. The summed E-state index contributed by atoms with van der Waals surface area (Å²) in [5.74, 6) is -1.91. The molecule has 0 spiro atoms. The molecule has 1 aliphatic heterocycles. The van der Waals surface area contributed by atoms with Gasteiger partial charge in [0, 0.05) is 29.3 Å². The Morgan fingerprint density at radius 3 is 2.15 bits per heavy atom. The zero-order chi connectivity index (χ0) is 29.0. The Hall–Kier alpha value is -4.40. The number of hydrogen-bond donors (Lipinski definition) is 1. The molecule has 0 aromatic heterocycles. The fourth-order valence-electron chi connectivity index (χ4n) is 4.65. The van der Waals surface area contributed by atoms with E-state index in [-0.39, 0.29) is 37.0 Å². The first-order valence-electron chi connectivity index (χ1n) is 12.8. The fourth-order valence-corrected chi connectivity index (χ4v) is 4.65. The minimum Gasteiger partial charge on any atom is -0.463 e. The lowest BCUT2D eigenvalue weighted by Crippen LogP contribution is -2.38. The standard InChI is InChI=1S/C31H29F3N2O4/c1-4-40-30(39)28-20(3)36(27(37)17-26(28)22-11-13-24(14-12-22)31(32,33)34)18-21-7-9-23(10-8-21)29(38)35-25-15-5-19(2)6-16-25/h5-16,26H,4,17-18H2,1-3H3,(H,35,38). The second-order valence-corrected chi connectivity index (χ2v) is 9.59. The van der Waals surface area contributed by atoms with Gasteiger partial charge in [0.2, 0.25) is 5.91 Å². The number of amides is 2. The van der Waals surface area contributed by atoms with Gasteiger partial charge in [-0.05, 0) is 68.3 Å². The summed E-state index contributed by atoms with van der Waals surface area (Å²) < 4.78 is 44.4. The molecule has 3 aromatic rings. The molecule has 0 radical (unpaired) electrons. The van der Waals surface area contributed by atoms with Gasteiger partial charge in [-0.2, -0.15) is 13.2 Å². The van der Waals surface area contributed by atoms with E-state index < -0.39 is 23.6 Å². The van der Waals surface area contributed by atoms with Gasteiger partial charge in [0.05, 0.1) is 24.3 Å². The first kappa shape index (κ1) is 28.6. The monoisotopic (exact) mass is 550 g/mol. The van der Waals surface area contributed by atoms with Gasteiger partial charge in [-0.25, -0.2) is 4.79 Å². The van der Waals surface area contributed by atoms with Crippen molar-refractivity contribution < 1.29 is 32.3 Å². The van der Waals surface area contributed by atoms with Crippen LogP contribution in [0, 0.1) is 6.92 Å². The van der Waals surface area contributed by atoms with Crippen molar-refractivity contribution in [1.29, 1.82) is 0 Å². The SMILES string of the molecule is CCOC(=O)C1=C(C)N(Cc2ccc(C(=O)Nc3ccc(C)cc3)cc2)C(=O)CC1c1ccc(C(F)(F)F)cc1. The maximum atomic E-state index is 13.2. The Morgan fingerprint density at radius 2 is 1.57 bits per heavy atom. The molecule has 0 bridgehead atoms. The molecule has 2 amide bonds. The molecule has 1 aliphatic rings. The number of allylic oxidation sites excluding steroid dienone is 1. The molecule has 1 heterocycles. The summed E-state index contributed by atoms with van der Waals surface area (Å²) in [5.41, 5.74) is 3.15. The molecule has 208 valence electrons. The number of benzene rings is 3. The van der Waals surface area contributed by atoms with Gasteiger partial charge in [-0.1, -0.05) is 42.0 Å². The molecule has 9 heteroatoms. The molecule has 0 saturated heterocycles. The lowest BCUT2D eigenvalue weighted by Gasteiger charge is -2.34. The van der Waals surface area contributed by atoms with Crippen LogP contribution in [0.5, 0.6) is 0 Å². The van der Waals surface area contributed by atoms with Crippen LogP contribution in [-0.4, -0.2) is 29.3 Å². The lowest BCUT2D eigenvalue weighted by molar-refractivity contribution is -0.140. The van der Waals surface area contributed by atoms with Crippen LogP contribution < -0.4 is 5.32 Å². The van der Waals surface area contributed by atoms with Crippen LogP contribution in [0.4, 0.5) is 18.9 Å². The second kappa shape index (κ2) is 11.8. The van der Waals surface area contributed by atoms with E-state index in [9.17, 15) is 27.6 Å². The van der Waals surface area contributed by atoms with Crippen LogP contribution >= 0.6 is 0 Å². The number of ether oxygens (including phenoxy) is 1. The molecular formula is C31H29F3N2O4. The van der Waals surface area contributed by atoms with Crippen molar-refractivity contribution in [1.82, 2.24) is 4.90 Å². The quantitative estimate of drug-likeness (QED) is 0.336. The van der Waals surface area contributed by atoms with Gasteiger partial charge in [0.15, 0.2) is 0 Å². The average Bonchev–Trinajstić information content (AvgIpc) is 2.92. The van der Waals surface area contributed by atoms with Gasteiger partial charge in [-0.15, -0.1) is 0 Å². The molecule has 0 fully saturated rings. The van der Waals surface area contributed by atoms with Crippen LogP contribution in [0.2, 0.25) is 0 Å². The van der Waals surface area contributed by atoms with Crippen LogP contribution in [0.25, 0.3) is 0 Å². The van der Waals surface area contributed by atoms with Crippen LogP contribution in [0.1, 0.15) is 58.8 Å². The zero-order valence-electron chi connectivity index (χ0n) is 22.3. The van der Waals surface area contributed by atoms with Crippen molar-refractivity contribution in [2.45, 2.75) is 45.8 Å². The van der Waals surface area contributed by atoms with Crippen molar-refractivity contribution in [2.24, 2.45) is 0 Å². The normalized spacial score (nSPS) is 15.7. The number of nitrogens with one attached hydrogen (secondary N) is 1. The highest BCUT2D eigenvalue weighted by Gasteiger charge is 2.37. The van der Waals surface area contributed by atoms with Gasteiger partial charge in [0.25, 0.3) is 5.91 Å². The van der Waals surface area contributed by atoms with Gasteiger partial charge >= 0.3 is 12.1 Å². The van der Waals surface area contributed by atoms with E-state index in [1.54, 1.807) is 38.1 Å². The third kappa shape index (κ3) is 6.42. The molecular weight excluding hydrogens is 521 g/mol. The molecule has 4 rings (SSSR count). The molecule has 6 nitrogen and oxygen atoms in total. The maximum Gasteiger partial charge on any atom is 0.416 e. The van der Waals surface area contributed by atoms with E-state index in [1.165, 1.54) is 17.0 Å². The Morgan fingerprint density at radius 1 is 0.950 bits per heavy atom. The predicted octanol–water partition coefficient (Wildman–Crippen LogP) is 6.62. The summed E-state index contributed by atoms with van der Waals surface area (Å²) >= 11 is 0. The molecule has 3 aromatic carbocycles. The molecule has 0 saturated carbocycles. The minimum atomic E-state index is -4.50. The third-order valence-electron chi connectivity index (χ3n) is 6.82. The van der Waals surface area contributed by atoms with Crippen molar-refractivity contribution in [3.63, 3.8) is 0 Å². The van der Waals surface area contributed by atoms with E-state index in [0.29, 0.717) is 22.5 Å². The van der Waals surface area contributed by atoms with Gasteiger partial charge in [-0.3, -0.25) is 9.59 Å². The molecule has 0 aliphatic carbocycles. The highest BCUT2D eigenvalue weighted by molar-refractivity contribution is 6.04. The fraction of sp³-hybridized carbons (Fsp3) is 0.258. The van der Waals surface area contributed by atoms with Crippen molar-refractivity contribution in [3.05, 3.63) is 112 Å². The number of carbonyl (C=O) groups is 3. The van der Waals surface area contributed by atoms with Crippen LogP contribution in [-0.2, 0) is 27.0 Å². The summed E-state index contributed by atoms with van der Waals surface area (Å²) in [6.07, 6.45) is -4.60. The number of anilines is 1. The van der Waals surface area contributed by atoms with Crippen LogP contribution in [0.3, 0.4) is 0 Å². The first-order valence-corrected chi connectivity index (χ1v) is 12.8. The van der Waals surface area contributed by atoms with Gasteiger partial charge in [0.1, 0.15) is 0 Å².